The number of urea groups is 1. The van der Waals surface area contributed by atoms with Gasteiger partial charge in [-0.2, -0.15) is 0 Å². The summed E-state index contributed by atoms with van der Waals surface area (Å²) in [7, 11) is 1.79. The summed E-state index contributed by atoms with van der Waals surface area (Å²) in [5.41, 5.74) is 6.21. The van der Waals surface area contributed by atoms with E-state index in [0.717, 1.165) is 26.1 Å². The number of fused-ring (bicyclic) bond motifs is 3. The Kier molecular flexibility index (Phi) is 4.47. The Morgan fingerprint density at radius 3 is 2.37 bits per heavy atom. The summed E-state index contributed by atoms with van der Waals surface area (Å²) in [6, 6.07) is 15.2. The lowest BCUT2D eigenvalue weighted by Crippen LogP contribution is -2.55. The van der Waals surface area contributed by atoms with E-state index in [1.54, 1.807) is 11.9 Å². The number of hydrogen-bond donors (Lipinski definition) is 0. The van der Waals surface area contributed by atoms with Crippen LogP contribution in [0.2, 0.25) is 0 Å². The zero-order chi connectivity index (χ0) is 21.0. The van der Waals surface area contributed by atoms with Crippen molar-refractivity contribution in [2.24, 2.45) is 0 Å². The maximum atomic E-state index is 13.1. The first kappa shape index (κ1) is 19.3. The normalized spacial score (nSPS) is 20.4. The molecule has 0 aromatic heterocycles. The van der Waals surface area contributed by atoms with E-state index in [9.17, 15) is 9.59 Å². The summed E-state index contributed by atoms with van der Waals surface area (Å²) >= 11 is 0. The van der Waals surface area contributed by atoms with Gasteiger partial charge in [-0.25, -0.2) is 4.79 Å². The molecule has 156 valence electrons. The van der Waals surface area contributed by atoms with Crippen molar-refractivity contribution in [3.8, 4) is 11.1 Å². The topological polar surface area (TPSA) is 43.9 Å². The number of carbonyl (C=O) groups is 2. The molecule has 0 atom stereocenters. The number of rotatable bonds is 3. The van der Waals surface area contributed by atoms with Gasteiger partial charge in [-0.15, -0.1) is 0 Å². The third-order valence-corrected chi connectivity index (χ3v) is 7.22. The van der Waals surface area contributed by atoms with E-state index in [4.69, 9.17) is 0 Å². The Bertz CT molecular complexity index is 1020. The molecule has 3 amide bonds. The van der Waals surface area contributed by atoms with Crippen LogP contribution in [0.1, 0.15) is 43.4 Å². The van der Waals surface area contributed by atoms with E-state index < -0.39 is 5.54 Å². The minimum Gasteiger partial charge on any atom is -0.312 e. The lowest BCUT2D eigenvalue weighted by atomic mass is 9.86. The van der Waals surface area contributed by atoms with E-state index in [1.165, 1.54) is 32.7 Å². The van der Waals surface area contributed by atoms with Crippen LogP contribution in [0.25, 0.3) is 11.1 Å². The molecule has 2 aromatic rings. The number of carbonyl (C=O) groups excluding carboxylic acids is 2. The molecule has 30 heavy (non-hydrogen) atoms. The smallest absolute Gasteiger partial charge is 0.312 e. The zero-order valence-electron chi connectivity index (χ0n) is 18.0. The van der Waals surface area contributed by atoms with E-state index in [0.29, 0.717) is 12.8 Å². The summed E-state index contributed by atoms with van der Waals surface area (Å²) in [4.78, 5) is 31.3. The second kappa shape index (κ2) is 6.95. The third-order valence-electron chi connectivity index (χ3n) is 7.22. The zero-order valence-corrected chi connectivity index (χ0v) is 18.0. The molecule has 5 nitrogen and oxygen atoms in total. The van der Waals surface area contributed by atoms with Gasteiger partial charge < -0.3 is 4.90 Å². The fourth-order valence-electron chi connectivity index (χ4n) is 5.44. The number of amides is 3. The van der Waals surface area contributed by atoms with Crippen molar-refractivity contribution in [1.82, 2.24) is 14.7 Å². The van der Waals surface area contributed by atoms with E-state index in [1.807, 2.05) is 13.8 Å². The molecule has 3 aliphatic rings. The number of likely N-dealkylation sites (N-methyl/N-ethyl adjacent to an activating group) is 1. The van der Waals surface area contributed by atoms with Gasteiger partial charge >= 0.3 is 6.03 Å². The molecule has 0 radical (unpaired) electrons. The molecule has 2 saturated heterocycles. The van der Waals surface area contributed by atoms with Gasteiger partial charge in [0.25, 0.3) is 5.91 Å². The van der Waals surface area contributed by atoms with Crippen LogP contribution in [-0.2, 0) is 17.8 Å². The fraction of sp³-hybridized carbons (Fsp3) is 0.440. The van der Waals surface area contributed by atoms with Gasteiger partial charge in [0.05, 0.1) is 0 Å². The van der Waals surface area contributed by atoms with Crippen LogP contribution in [0.3, 0.4) is 0 Å². The van der Waals surface area contributed by atoms with Crippen LogP contribution in [-0.4, -0.2) is 58.4 Å². The molecule has 0 N–H and O–H groups in total. The highest BCUT2D eigenvalue weighted by Crippen LogP contribution is 2.39. The summed E-state index contributed by atoms with van der Waals surface area (Å²) in [5, 5.41) is 0. The fourth-order valence-corrected chi connectivity index (χ4v) is 5.44. The van der Waals surface area contributed by atoms with E-state index in [-0.39, 0.29) is 18.0 Å². The Labute approximate surface area is 178 Å². The molecule has 1 spiro atoms. The van der Waals surface area contributed by atoms with Crippen LogP contribution < -0.4 is 0 Å². The minimum atomic E-state index is -0.655. The van der Waals surface area contributed by atoms with E-state index >= 15 is 0 Å². The highest BCUT2D eigenvalue weighted by molar-refractivity contribution is 6.07. The second-order valence-electron chi connectivity index (χ2n) is 9.24. The maximum Gasteiger partial charge on any atom is 0.327 e. The summed E-state index contributed by atoms with van der Waals surface area (Å²) < 4.78 is 0. The number of hydrogen-bond acceptors (Lipinski definition) is 3. The van der Waals surface area contributed by atoms with Crippen LogP contribution >= 0.6 is 0 Å². The minimum absolute atomic E-state index is 0.0139. The first-order valence-corrected chi connectivity index (χ1v) is 10.9. The molecular weight excluding hydrogens is 374 g/mol. The largest absolute Gasteiger partial charge is 0.327 e. The summed E-state index contributed by atoms with van der Waals surface area (Å²) in [6.45, 7) is 6.35. The first-order chi connectivity index (χ1) is 14.4. The van der Waals surface area contributed by atoms with Crippen molar-refractivity contribution in [1.29, 1.82) is 0 Å². The average Bonchev–Trinajstić information content (AvgIpc) is 3.18. The van der Waals surface area contributed by atoms with Crippen molar-refractivity contribution < 1.29 is 9.59 Å². The van der Waals surface area contributed by atoms with Crippen LogP contribution in [0.15, 0.2) is 42.5 Å². The number of imide groups is 1. The summed E-state index contributed by atoms with van der Waals surface area (Å²) in [5.74, 6) is -0.0139. The molecule has 2 fully saturated rings. The van der Waals surface area contributed by atoms with E-state index in [2.05, 4.69) is 47.4 Å². The predicted molar refractivity (Wildman–Crippen MR) is 117 cm³/mol. The Morgan fingerprint density at radius 2 is 1.67 bits per heavy atom. The van der Waals surface area contributed by atoms with Gasteiger partial charge in [0, 0.05) is 32.7 Å². The highest BCUT2D eigenvalue weighted by atomic mass is 16.2. The molecule has 5 rings (SSSR count). The number of likely N-dealkylation sites (tertiary alicyclic amines) is 1. The van der Waals surface area contributed by atoms with Crippen LogP contribution in [0.5, 0.6) is 0 Å². The monoisotopic (exact) mass is 403 g/mol. The lowest BCUT2D eigenvalue weighted by Gasteiger charge is -2.41. The van der Waals surface area contributed by atoms with Gasteiger partial charge in [-0.1, -0.05) is 42.5 Å². The standard InChI is InChI=1S/C25H29N3O2/c1-17(2)28-23(29)25(26(3)24(28)30)10-12-27(13-11-25)16-18-8-9-22-20(14-18)15-19-6-4-5-7-21(19)22/h4-9,14,17H,10-13,15-16H2,1-3H3. The van der Waals surface area contributed by atoms with Gasteiger partial charge in [-0.3, -0.25) is 14.6 Å². The van der Waals surface area contributed by atoms with Gasteiger partial charge in [0.2, 0.25) is 0 Å². The van der Waals surface area contributed by atoms with Gasteiger partial charge in [0.1, 0.15) is 5.54 Å². The van der Waals surface area contributed by atoms with Gasteiger partial charge in [-0.05, 0) is 60.9 Å². The average molecular weight is 404 g/mol. The molecule has 5 heteroatoms. The maximum absolute atomic E-state index is 13.1. The Hall–Kier alpha value is -2.66. The molecule has 2 aliphatic heterocycles. The first-order valence-electron chi connectivity index (χ1n) is 10.9. The highest BCUT2D eigenvalue weighted by Gasteiger charge is 2.56. The van der Waals surface area contributed by atoms with Crippen molar-refractivity contribution >= 4 is 11.9 Å². The molecular formula is C25H29N3O2. The molecule has 0 bridgehead atoms. The SMILES string of the molecule is CC(C)N1C(=O)N(C)C2(CCN(Cc3ccc4c(c3)Cc3ccccc3-4)CC2)C1=O. The Morgan fingerprint density at radius 1 is 0.967 bits per heavy atom. The molecule has 2 aromatic carbocycles. The second-order valence-corrected chi connectivity index (χ2v) is 9.24. The lowest BCUT2D eigenvalue weighted by molar-refractivity contribution is -0.136. The van der Waals surface area contributed by atoms with Crippen LogP contribution in [0.4, 0.5) is 4.79 Å². The van der Waals surface area contributed by atoms with Crippen molar-refractivity contribution in [3.63, 3.8) is 0 Å². The van der Waals surface area contributed by atoms with Crippen molar-refractivity contribution in [2.45, 2.75) is 51.2 Å². The van der Waals surface area contributed by atoms with Crippen molar-refractivity contribution in [2.75, 3.05) is 20.1 Å². The third kappa shape index (κ3) is 2.79. The Balaban J connectivity index is 1.28. The molecule has 0 unspecified atom stereocenters. The quantitative estimate of drug-likeness (QED) is 0.623. The van der Waals surface area contributed by atoms with Crippen LogP contribution in [0, 0.1) is 0 Å². The number of nitrogens with zero attached hydrogens (tertiary/aromatic N) is 3. The molecule has 1 aliphatic carbocycles. The number of benzene rings is 2. The number of piperidine rings is 1. The molecule has 0 saturated carbocycles. The predicted octanol–water partition coefficient (Wildman–Crippen LogP) is 3.89. The molecule has 2 heterocycles. The van der Waals surface area contributed by atoms with Crippen molar-refractivity contribution in [3.05, 3.63) is 59.2 Å². The van der Waals surface area contributed by atoms with Gasteiger partial charge in [0.15, 0.2) is 0 Å². The summed E-state index contributed by atoms with van der Waals surface area (Å²) in [6.07, 6.45) is 2.41.